The highest BCUT2D eigenvalue weighted by Gasteiger charge is 2.25. The Morgan fingerprint density at radius 3 is 2.72 bits per heavy atom. The fraction of sp³-hybridized carbons (Fsp3) is 0.750. The van der Waals surface area contributed by atoms with Gasteiger partial charge in [0, 0.05) is 10.9 Å². The topological polar surface area (TPSA) is 12.0 Å². The van der Waals surface area contributed by atoms with Crippen molar-refractivity contribution in [1.82, 2.24) is 5.32 Å². The van der Waals surface area contributed by atoms with E-state index in [0.29, 0.717) is 6.04 Å². The fourth-order valence-electron chi connectivity index (χ4n) is 3.07. The number of hydrogen-bond donors (Lipinski definition) is 1. The molecule has 0 radical (unpaired) electrons. The predicted octanol–water partition coefficient (Wildman–Crippen LogP) is 4.49. The van der Waals surface area contributed by atoms with Crippen molar-refractivity contribution in [2.24, 2.45) is 11.8 Å². The molecule has 1 aliphatic rings. The second-order valence-corrected chi connectivity index (χ2v) is 6.90. The molecule has 1 nitrogen and oxygen atoms in total. The van der Waals surface area contributed by atoms with Crippen molar-refractivity contribution < 1.29 is 0 Å². The van der Waals surface area contributed by atoms with Gasteiger partial charge in [-0.2, -0.15) is 0 Å². The molecule has 0 saturated heterocycles. The van der Waals surface area contributed by atoms with Crippen LogP contribution in [0.1, 0.15) is 50.8 Å². The minimum atomic E-state index is 0.705. The summed E-state index contributed by atoms with van der Waals surface area (Å²) < 4.78 is 0. The molecule has 1 N–H and O–H groups in total. The molecule has 102 valence electrons. The SMILES string of the molecule is CCCNC(Cc1cccs1)C1CCC(C)CC1. The van der Waals surface area contributed by atoms with E-state index >= 15 is 0 Å². The first-order chi connectivity index (χ1) is 8.79. The maximum Gasteiger partial charge on any atom is 0.0144 e. The zero-order valence-corrected chi connectivity index (χ0v) is 12.6. The summed E-state index contributed by atoms with van der Waals surface area (Å²) in [6, 6.07) is 5.17. The molecular weight excluding hydrogens is 238 g/mol. The highest BCUT2D eigenvalue weighted by molar-refractivity contribution is 7.09. The van der Waals surface area contributed by atoms with Crippen LogP contribution in [0.3, 0.4) is 0 Å². The summed E-state index contributed by atoms with van der Waals surface area (Å²) in [5.74, 6) is 1.85. The Kier molecular flexibility index (Phi) is 5.71. The van der Waals surface area contributed by atoms with E-state index in [1.165, 1.54) is 45.1 Å². The van der Waals surface area contributed by atoms with Gasteiger partial charge in [-0.05, 0) is 55.5 Å². The summed E-state index contributed by atoms with van der Waals surface area (Å²) in [6.07, 6.45) is 8.18. The van der Waals surface area contributed by atoms with Crippen LogP contribution in [-0.4, -0.2) is 12.6 Å². The quantitative estimate of drug-likeness (QED) is 0.799. The average Bonchev–Trinajstić information content (AvgIpc) is 2.88. The van der Waals surface area contributed by atoms with Crippen LogP contribution in [0.25, 0.3) is 0 Å². The zero-order valence-electron chi connectivity index (χ0n) is 11.8. The maximum atomic E-state index is 3.80. The van der Waals surface area contributed by atoms with Gasteiger partial charge < -0.3 is 5.32 Å². The Hall–Kier alpha value is -0.340. The molecule has 0 aromatic carbocycles. The van der Waals surface area contributed by atoms with Crippen molar-refractivity contribution >= 4 is 11.3 Å². The molecule has 18 heavy (non-hydrogen) atoms. The van der Waals surface area contributed by atoms with Gasteiger partial charge in [-0.1, -0.05) is 32.8 Å². The fourth-order valence-corrected chi connectivity index (χ4v) is 3.83. The summed E-state index contributed by atoms with van der Waals surface area (Å²) in [7, 11) is 0. The molecular formula is C16H27NS. The van der Waals surface area contributed by atoms with Gasteiger partial charge in [-0.3, -0.25) is 0 Å². The summed E-state index contributed by atoms with van der Waals surface area (Å²) in [5, 5.41) is 6.00. The van der Waals surface area contributed by atoms with Crippen LogP contribution in [0.4, 0.5) is 0 Å². The highest BCUT2D eigenvalue weighted by Crippen LogP contribution is 2.32. The first-order valence-electron chi connectivity index (χ1n) is 7.55. The van der Waals surface area contributed by atoms with E-state index in [4.69, 9.17) is 0 Å². The molecule has 1 aromatic rings. The van der Waals surface area contributed by atoms with Gasteiger partial charge in [-0.15, -0.1) is 11.3 Å². The third-order valence-electron chi connectivity index (χ3n) is 4.29. The standard InChI is InChI=1S/C16H27NS/c1-3-10-17-16(12-15-5-4-11-18-15)14-8-6-13(2)7-9-14/h4-5,11,13-14,16-17H,3,6-10,12H2,1-2H3. The zero-order chi connectivity index (χ0) is 12.8. The van der Waals surface area contributed by atoms with E-state index in [0.717, 1.165) is 11.8 Å². The number of thiophene rings is 1. The van der Waals surface area contributed by atoms with Crippen LogP contribution in [0.15, 0.2) is 17.5 Å². The maximum absolute atomic E-state index is 3.80. The van der Waals surface area contributed by atoms with Crippen LogP contribution in [0.2, 0.25) is 0 Å². The van der Waals surface area contributed by atoms with Gasteiger partial charge in [0.15, 0.2) is 0 Å². The predicted molar refractivity (Wildman–Crippen MR) is 81.2 cm³/mol. The molecule has 1 unspecified atom stereocenters. The Morgan fingerprint density at radius 1 is 1.33 bits per heavy atom. The van der Waals surface area contributed by atoms with Crippen molar-refractivity contribution in [3.05, 3.63) is 22.4 Å². The normalized spacial score (nSPS) is 26.1. The van der Waals surface area contributed by atoms with Crippen molar-refractivity contribution in [3.8, 4) is 0 Å². The molecule has 1 aliphatic carbocycles. The average molecular weight is 265 g/mol. The number of hydrogen-bond acceptors (Lipinski definition) is 2. The van der Waals surface area contributed by atoms with Crippen LogP contribution >= 0.6 is 11.3 Å². The molecule has 0 bridgehead atoms. The van der Waals surface area contributed by atoms with Crippen molar-refractivity contribution in [1.29, 1.82) is 0 Å². The first-order valence-corrected chi connectivity index (χ1v) is 8.43. The summed E-state index contributed by atoms with van der Waals surface area (Å²) in [4.78, 5) is 1.54. The molecule has 2 rings (SSSR count). The van der Waals surface area contributed by atoms with E-state index in [9.17, 15) is 0 Å². The second kappa shape index (κ2) is 7.30. The Bertz CT molecular complexity index is 312. The van der Waals surface area contributed by atoms with Gasteiger partial charge in [0.2, 0.25) is 0 Å². The first kappa shape index (κ1) is 14.1. The van der Waals surface area contributed by atoms with E-state index in [-0.39, 0.29) is 0 Å². The molecule has 0 amide bonds. The summed E-state index contributed by atoms with van der Waals surface area (Å²) >= 11 is 1.91. The minimum absolute atomic E-state index is 0.705. The van der Waals surface area contributed by atoms with Gasteiger partial charge in [-0.25, -0.2) is 0 Å². The lowest BCUT2D eigenvalue weighted by atomic mass is 9.78. The number of nitrogens with one attached hydrogen (secondary N) is 1. The van der Waals surface area contributed by atoms with Gasteiger partial charge in [0.25, 0.3) is 0 Å². The summed E-state index contributed by atoms with van der Waals surface area (Å²) in [6.45, 7) is 5.84. The molecule has 1 aromatic heterocycles. The lowest BCUT2D eigenvalue weighted by molar-refractivity contribution is 0.229. The van der Waals surface area contributed by atoms with Crippen LogP contribution < -0.4 is 5.32 Å². The number of rotatable bonds is 6. The van der Waals surface area contributed by atoms with E-state index in [1.807, 2.05) is 11.3 Å². The lowest BCUT2D eigenvalue weighted by Crippen LogP contribution is -2.39. The lowest BCUT2D eigenvalue weighted by Gasteiger charge is -2.33. The van der Waals surface area contributed by atoms with E-state index < -0.39 is 0 Å². The summed E-state index contributed by atoms with van der Waals surface area (Å²) in [5.41, 5.74) is 0. The minimum Gasteiger partial charge on any atom is -0.313 e. The molecule has 1 heterocycles. The molecule has 0 aliphatic heterocycles. The third kappa shape index (κ3) is 4.10. The molecule has 1 fully saturated rings. The van der Waals surface area contributed by atoms with Crippen molar-refractivity contribution in [3.63, 3.8) is 0 Å². The molecule has 0 spiro atoms. The molecule has 1 atom stereocenters. The Balaban J connectivity index is 1.91. The molecule has 2 heteroatoms. The van der Waals surface area contributed by atoms with Crippen LogP contribution in [0, 0.1) is 11.8 Å². The molecule has 1 saturated carbocycles. The largest absolute Gasteiger partial charge is 0.313 e. The third-order valence-corrected chi connectivity index (χ3v) is 5.19. The van der Waals surface area contributed by atoms with Crippen LogP contribution in [-0.2, 0) is 6.42 Å². The Morgan fingerprint density at radius 2 is 2.11 bits per heavy atom. The van der Waals surface area contributed by atoms with Gasteiger partial charge in [0.05, 0.1) is 0 Å². The monoisotopic (exact) mass is 265 g/mol. The van der Waals surface area contributed by atoms with E-state index in [2.05, 4.69) is 36.7 Å². The van der Waals surface area contributed by atoms with Crippen molar-refractivity contribution in [2.45, 2.75) is 58.4 Å². The van der Waals surface area contributed by atoms with Crippen molar-refractivity contribution in [2.75, 3.05) is 6.54 Å². The van der Waals surface area contributed by atoms with Gasteiger partial charge >= 0.3 is 0 Å². The Labute approximate surface area is 116 Å². The smallest absolute Gasteiger partial charge is 0.0144 e. The second-order valence-electron chi connectivity index (χ2n) is 5.86. The van der Waals surface area contributed by atoms with Gasteiger partial charge in [0.1, 0.15) is 0 Å². The van der Waals surface area contributed by atoms with E-state index in [1.54, 1.807) is 4.88 Å². The highest BCUT2D eigenvalue weighted by atomic mass is 32.1. The van der Waals surface area contributed by atoms with Crippen LogP contribution in [0.5, 0.6) is 0 Å².